The Morgan fingerprint density at radius 1 is 0.714 bits per heavy atom. The van der Waals surface area contributed by atoms with Gasteiger partial charge in [-0.2, -0.15) is 0 Å². The minimum Gasteiger partial charge on any atom is -0.379 e. The van der Waals surface area contributed by atoms with Crippen molar-refractivity contribution in [3.8, 4) is 0 Å². The molecule has 0 saturated heterocycles. The minimum absolute atomic E-state index is 0.583. The third-order valence-electron chi connectivity index (χ3n) is 1.45. The average molecular weight is 200 g/mol. The quantitative estimate of drug-likeness (QED) is 0.473. The Balaban J connectivity index is 2.78. The lowest BCUT2D eigenvalue weighted by atomic mass is 10.4. The van der Waals surface area contributed by atoms with Crippen LogP contribution in [0.4, 0.5) is 0 Å². The van der Waals surface area contributed by atoms with Gasteiger partial charge >= 0.3 is 0 Å². The molecule has 0 spiro atoms. The minimum atomic E-state index is 0.583. The summed E-state index contributed by atoms with van der Waals surface area (Å²) < 4.78 is 15.6. The van der Waals surface area contributed by atoms with Crippen LogP contribution in [0.25, 0.3) is 0 Å². The molecule has 4 radical (unpaired) electrons. The molecule has 0 aromatic rings. The second kappa shape index (κ2) is 12.9. The molecule has 0 saturated carbocycles. The molecule has 0 unspecified atom stereocenters. The van der Waals surface area contributed by atoms with Crippen LogP contribution in [0, 0.1) is 26.7 Å². The summed E-state index contributed by atoms with van der Waals surface area (Å²) in [5.74, 6) is 0. The number of rotatable bonds is 11. The zero-order chi connectivity index (χ0) is 10.5. The van der Waals surface area contributed by atoms with Gasteiger partial charge in [0.25, 0.3) is 0 Å². The molecule has 0 N–H and O–H groups in total. The zero-order valence-electron chi connectivity index (χ0n) is 8.74. The van der Waals surface area contributed by atoms with Gasteiger partial charge < -0.3 is 14.2 Å². The van der Waals surface area contributed by atoms with Crippen molar-refractivity contribution in [2.75, 3.05) is 39.6 Å². The summed E-state index contributed by atoms with van der Waals surface area (Å²) >= 11 is 0. The maximum absolute atomic E-state index is 5.25. The van der Waals surface area contributed by atoms with E-state index in [1.165, 1.54) is 0 Å². The smallest absolute Gasteiger partial charge is 0.0701 e. The molecule has 0 rings (SSSR count). The number of unbranched alkanes of at least 4 members (excludes halogenated alkanes) is 1. The fraction of sp³-hybridized carbons (Fsp3) is 0.636. The summed E-state index contributed by atoms with van der Waals surface area (Å²) in [6.07, 6.45) is 4.45. The predicted molar refractivity (Wildman–Crippen MR) is 56.4 cm³/mol. The Hall–Kier alpha value is -0.120. The Labute approximate surface area is 87.7 Å². The Morgan fingerprint density at radius 2 is 1.29 bits per heavy atom. The van der Waals surface area contributed by atoms with Crippen molar-refractivity contribution >= 4 is 0 Å². The summed E-state index contributed by atoms with van der Waals surface area (Å²) in [7, 11) is 0. The standard InChI is InChI=1S/C11H20O3/c1-3-5-7-13-9-11-14-10-8-12-6-4-2/h3-4H,1-2,5-11H2. The molecule has 0 aromatic heterocycles. The van der Waals surface area contributed by atoms with Gasteiger partial charge in [0, 0.05) is 13.2 Å². The van der Waals surface area contributed by atoms with Crippen LogP contribution in [-0.2, 0) is 14.2 Å². The zero-order valence-corrected chi connectivity index (χ0v) is 8.74. The van der Waals surface area contributed by atoms with Crippen molar-refractivity contribution in [2.24, 2.45) is 0 Å². The maximum atomic E-state index is 5.25. The summed E-state index contributed by atoms with van der Waals surface area (Å²) in [6.45, 7) is 10.9. The first-order valence-electron chi connectivity index (χ1n) is 4.87. The Bertz CT molecular complexity index is 84.5. The van der Waals surface area contributed by atoms with Gasteiger partial charge in [-0.1, -0.05) is 0 Å². The summed E-state index contributed by atoms with van der Waals surface area (Å²) in [5.41, 5.74) is 0. The van der Waals surface area contributed by atoms with Crippen LogP contribution < -0.4 is 0 Å². The molecular weight excluding hydrogens is 180 g/mol. The first kappa shape index (κ1) is 13.9. The van der Waals surface area contributed by atoms with Crippen molar-refractivity contribution < 1.29 is 14.2 Å². The average Bonchev–Trinajstić information content (AvgIpc) is 2.21. The van der Waals surface area contributed by atoms with Gasteiger partial charge in [-0.05, 0) is 33.1 Å². The molecule has 14 heavy (non-hydrogen) atoms. The summed E-state index contributed by atoms with van der Waals surface area (Å²) in [5, 5.41) is 0. The lowest BCUT2D eigenvalue weighted by Crippen LogP contribution is -2.10. The highest BCUT2D eigenvalue weighted by atomic mass is 16.5. The second-order valence-corrected chi connectivity index (χ2v) is 2.67. The number of hydrogen-bond acceptors (Lipinski definition) is 3. The van der Waals surface area contributed by atoms with E-state index in [9.17, 15) is 0 Å². The topological polar surface area (TPSA) is 27.7 Å². The first-order chi connectivity index (χ1) is 6.91. The summed E-state index contributed by atoms with van der Waals surface area (Å²) in [4.78, 5) is 0. The van der Waals surface area contributed by atoms with Crippen molar-refractivity contribution in [1.29, 1.82) is 0 Å². The molecule has 0 aliphatic heterocycles. The van der Waals surface area contributed by atoms with Crippen LogP contribution in [0.5, 0.6) is 0 Å². The maximum Gasteiger partial charge on any atom is 0.0701 e. The van der Waals surface area contributed by atoms with Crippen LogP contribution in [0.2, 0.25) is 0 Å². The fourth-order valence-corrected chi connectivity index (χ4v) is 0.773. The molecule has 0 aliphatic carbocycles. The largest absolute Gasteiger partial charge is 0.379 e. The first-order valence-corrected chi connectivity index (χ1v) is 4.87. The van der Waals surface area contributed by atoms with E-state index in [-0.39, 0.29) is 0 Å². The van der Waals surface area contributed by atoms with E-state index in [0.29, 0.717) is 33.0 Å². The Morgan fingerprint density at radius 3 is 1.86 bits per heavy atom. The van der Waals surface area contributed by atoms with E-state index in [1.54, 1.807) is 6.42 Å². The monoisotopic (exact) mass is 200 g/mol. The second-order valence-electron chi connectivity index (χ2n) is 2.67. The van der Waals surface area contributed by atoms with Gasteiger partial charge in [0.1, 0.15) is 0 Å². The molecule has 3 nitrogen and oxygen atoms in total. The molecular formula is C11H20O3. The van der Waals surface area contributed by atoms with E-state index in [2.05, 4.69) is 13.8 Å². The normalized spacial score (nSPS) is 10.7. The third-order valence-corrected chi connectivity index (χ3v) is 1.45. The molecule has 3 heteroatoms. The van der Waals surface area contributed by atoms with E-state index in [1.807, 2.05) is 6.42 Å². The van der Waals surface area contributed by atoms with Gasteiger partial charge in [-0.25, -0.2) is 0 Å². The van der Waals surface area contributed by atoms with Crippen LogP contribution in [0.15, 0.2) is 0 Å². The molecule has 0 heterocycles. The van der Waals surface area contributed by atoms with Gasteiger partial charge in [-0.15, -0.1) is 0 Å². The van der Waals surface area contributed by atoms with Crippen molar-refractivity contribution in [3.63, 3.8) is 0 Å². The molecule has 0 fully saturated rings. The van der Waals surface area contributed by atoms with Crippen LogP contribution in [0.3, 0.4) is 0 Å². The predicted octanol–water partition coefficient (Wildman–Crippen LogP) is 1.50. The van der Waals surface area contributed by atoms with E-state index < -0.39 is 0 Å². The summed E-state index contributed by atoms with van der Waals surface area (Å²) in [6, 6.07) is 0. The lowest BCUT2D eigenvalue weighted by molar-refractivity contribution is 0.0191. The molecule has 82 valence electrons. The molecule has 0 amide bonds. The van der Waals surface area contributed by atoms with Gasteiger partial charge in [-0.3, -0.25) is 0 Å². The van der Waals surface area contributed by atoms with Crippen molar-refractivity contribution in [2.45, 2.75) is 6.42 Å². The van der Waals surface area contributed by atoms with Gasteiger partial charge in [0.15, 0.2) is 0 Å². The van der Waals surface area contributed by atoms with E-state index in [0.717, 1.165) is 13.0 Å². The third kappa shape index (κ3) is 11.9. The molecule has 0 aliphatic rings. The SMILES string of the molecule is [CH2][CH]CCOCCOCCOC[CH][CH2]. The highest BCUT2D eigenvalue weighted by molar-refractivity contribution is 4.64. The lowest BCUT2D eigenvalue weighted by Gasteiger charge is -2.05. The van der Waals surface area contributed by atoms with Crippen molar-refractivity contribution in [3.05, 3.63) is 26.7 Å². The van der Waals surface area contributed by atoms with E-state index >= 15 is 0 Å². The molecule has 0 bridgehead atoms. The highest BCUT2D eigenvalue weighted by Crippen LogP contribution is 1.86. The van der Waals surface area contributed by atoms with Crippen LogP contribution in [0.1, 0.15) is 6.42 Å². The number of ether oxygens (including phenoxy) is 3. The van der Waals surface area contributed by atoms with Gasteiger partial charge in [0.05, 0.1) is 26.4 Å². The molecule has 0 aromatic carbocycles. The number of hydrogen-bond donors (Lipinski definition) is 0. The highest BCUT2D eigenvalue weighted by Gasteiger charge is 1.90. The van der Waals surface area contributed by atoms with Crippen LogP contribution in [-0.4, -0.2) is 39.6 Å². The fourth-order valence-electron chi connectivity index (χ4n) is 0.773. The van der Waals surface area contributed by atoms with E-state index in [4.69, 9.17) is 14.2 Å². The Kier molecular flexibility index (Phi) is 12.8. The van der Waals surface area contributed by atoms with Gasteiger partial charge in [0.2, 0.25) is 0 Å². The van der Waals surface area contributed by atoms with Crippen molar-refractivity contribution in [1.82, 2.24) is 0 Å². The van der Waals surface area contributed by atoms with Crippen LogP contribution >= 0.6 is 0 Å². The molecule has 0 atom stereocenters.